The van der Waals surface area contributed by atoms with Crippen LogP contribution in [-0.4, -0.2) is 53.1 Å². The fraction of sp³-hybridized carbons (Fsp3) is 0.500. The number of carbonyl (C=O) groups is 1. The molecule has 2 rings (SSSR count). The van der Waals surface area contributed by atoms with Gasteiger partial charge in [0, 0.05) is 25.0 Å². The third kappa shape index (κ3) is 2.77. The van der Waals surface area contributed by atoms with Gasteiger partial charge in [-0.2, -0.15) is 0 Å². The number of ether oxygens (including phenoxy) is 1. The molecule has 2 N–H and O–H groups in total. The standard InChI is InChI=1S/C12H16N2O4/c1-8-5-14(6-10(7-15)18-8)9-2-3-13-11(4-9)12(16)17/h2-4,8,10,15H,5-7H2,1H3,(H,16,17). The van der Waals surface area contributed by atoms with Crippen LogP contribution in [0.3, 0.4) is 0 Å². The lowest BCUT2D eigenvalue weighted by atomic mass is 10.2. The smallest absolute Gasteiger partial charge is 0.354 e. The molecule has 18 heavy (non-hydrogen) atoms. The van der Waals surface area contributed by atoms with Gasteiger partial charge in [-0.3, -0.25) is 0 Å². The molecule has 0 aromatic carbocycles. The minimum atomic E-state index is -1.04. The first-order valence-electron chi connectivity index (χ1n) is 5.80. The fourth-order valence-corrected chi connectivity index (χ4v) is 2.09. The van der Waals surface area contributed by atoms with Crippen LogP contribution >= 0.6 is 0 Å². The average molecular weight is 252 g/mol. The van der Waals surface area contributed by atoms with Crippen LogP contribution in [0.25, 0.3) is 0 Å². The minimum absolute atomic E-state index is 0.00246. The lowest BCUT2D eigenvalue weighted by Gasteiger charge is -2.37. The summed E-state index contributed by atoms with van der Waals surface area (Å²) in [5.74, 6) is -1.04. The largest absolute Gasteiger partial charge is 0.477 e. The molecule has 0 radical (unpaired) electrons. The van der Waals surface area contributed by atoms with Crippen LogP contribution < -0.4 is 4.90 Å². The van der Waals surface area contributed by atoms with E-state index in [1.54, 1.807) is 6.07 Å². The molecule has 0 bridgehead atoms. The molecule has 1 fully saturated rings. The molecule has 0 aliphatic carbocycles. The number of aliphatic hydroxyl groups is 1. The highest BCUT2D eigenvalue weighted by molar-refractivity contribution is 5.86. The monoisotopic (exact) mass is 252 g/mol. The van der Waals surface area contributed by atoms with Gasteiger partial charge in [-0.1, -0.05) is 0 Å². The number of hydrogen-bond acceptors (Lipinski definition) is 5. The molecule has 0 amide bonds. The van der Waals surface area contributed by atoms with Gasteiger partial charge in [-0.15, -0.1) is 0 Å². The summed E-state index contributed by atoms with van der Waals surface area (Å²) in [5.41, 5.74) is 0.809. The quantitative estimate of drug-likeness (QED) is 0.808. The number of rotatable bonds is 3. The van der Waals surface area contributed by atoms with Gasteiger partial charge in [0.05, 0.1) is 18.8 Å². The second-order valence-corrected chi connectivity index (χ2v) is 4.36. The number of anilines is 1. The van der Waals surface area contributed by atoms with Crippen molar-refractivity contribution in [3.63, 3.8) is 0 Å². The first-order chi connectivity index (χ1) is 8.60. The van der Waals surface area contributed by atoms with Gasteiger partial charge in [-0.05, 0) is 19.1 Å². The van der Waals surface area contributed by atoms with Crippen molar-refractivity contribution < 1.29 is 19.7 Å². The molecule has 2 atom stereocenters. The van der Waals surface area contributed by atoms with Crippen LogP contribution in [-0.2, 0) is 4.74 Å². The van der Waals surface area contributed by atoms with E-state index in [0.29, 0.717) is 13.1 Å². The molecule has 1 aliphatic rings. The predicted molar refractivity (Wildman–Crippen MR) is 64.8 cm³/mol. The summed E-state index contributed by atoms with van der Waals surface area (Å²) >= 11 is 0. The summed E-state index contributed by atoms with van der Waals surface area (Å²) in [5, 5.41) is 18.1. The Morgan fingerprint density at radius 2 is 2.39 bits per heavy atom. The van der Waals surface area contributed by atoms with Crippen LogP contribution in [0.5, 0.6) is 0 Å². The van der Waals surface area contributed by atoms with E-state index in [1.807, 2.05) is 11.8 Å². The van der Waals surface area contributed by atoms with Gasteiger partial charge < -0.3 is 19.8 Å². The Kier molecular flexibility index (Phi) is 3.78. The van der Waals surface area contributed by atoms with Crippen LogP contribution in [0.2, 0.25) is 0 Å². The molecule has 1 aliphatic heterocycles. The maximum absolute atomic E-state index is 10.9. The van der Waals surface area contributed by atoms with Crippen molar-refractivity contribution in [1.29, 1.82) is 0 Å². The maximum Gasteiger partial charge on any atom is 0.354 e. The van der Waals surface area contributed by atoms with Crippen molar-refractivity contribution >= 4 is 11.7 Å². The van der Waals surface area contributed by atoms with E-state index in [0.717, 1.165) is 5.69 Å². The summed E-state index contributed by atoms with van der Waals surface area (Å²) < 4.78 is 5.54. The Labute approximate surface area is 105 Å². The summed E-state index contributed by atoms with van der Waals surface area (Å²) in [6, 6.07) is 3.30. The van der Waals surface area contributed by atoms with E-state index in [2.05, 4.69) is 4.98 Å². The Morgan fingerprint density at radius 3 is 3.06 bits per heavy atom. The van der Waals surface area contributed by atoms with Gasteiger partial charge in [0.25, 0.3) is 0 Å². The van der Waals surface area contributed by atoms with Crippen molar-refractivity contribution in [2.45, 2.75) is 19.1 Å². The summed E-state index contributed by atoms with van der Waals surface area (Å²) in [7, 11) is 0. The van der Waals surface area contributed by atoms with E-state index in [9.17, 15) is 4.79 Å². The number of aliphatic hydroxyl groups excluding tert-OH is 1. The van der Waals surface area contributed by atoms with Gasteiger partial charge in [0.2, 0.25) is 0 Å². The maximum atomic E-state index is 10.9. The number of hydrogen-bond donors (Lipinski definition) is 2. The van der Waals surface area contributed by atoms with Gasteiger partial charge in [0.15, 0.2) is 0 Å². The lowest BCUT2D eigenvalue weighted by Crippen LogP contribution is -2.48. The normalized spacial score (nSPS) is 24.0. The zero-order valence-corrected chi connectivity index (χ0v) is 10.1. The van der Waals surface area contributed by atoms with Crippen molar-refractivity contribution in [2.75, 3.05) is 24.6 Å². The molecular weight excluding hydrogens is 236 g/mol. The molecule has 1 aromatic heterocycles. The first kappa shape index (κ1) is 12.8. The highest BCUT2D eigenvalue weighted by atomic mass is 16.5. The number of carboxylic acids is 1. The molecule has 6 heteroatoms. The summed E-state index contributed by atoms with van der Waals surface area (Å²) in [4.78, 5) is 16.7. The Balaban J connectivity index is 2.19. The second-order valence-electron chi connectivity index (χ2n) is 4.36. The molecule has 2 heterocycles. The summed E-state index contributed by atoms with van der Waals surface area (Å²) in [6.45, 7) is 3.09. The molecule has 6 nitrogen and oxygen atoms in total. The number of morpholine rings is 1. The van der Waals surface area contributed by atoms with Gasteiger partial charge >= 0.3 is 5.97 Å². The number of aromatic carboxylic acids is 1. The number of pyridine rings is 1. The zero-order valence-electron chi connectivity index (χ0n) is 10.1. The summed E-state index contributed by atoms with van der Waals surface area (Å²) in [6.07, 6.45) is 1.24. The van der Waals surface area contributed by atoms with E-state index >= 15 is 0 Å². The zero-order chi connectivity index (χ0) is 13.1. The molecule has 98 valence electrons. The lowest BCUT2D eigenvalue weighted by molar-refractivity contribution is -0.0421. The van der Waals surface area contributed by atoms with E-state index in [-0.39, 0.29) is 24.5 Å². The van der Waals surface area contributed by atoms with Gasteiger partial charge in [-0.25, -0.2) is 9.78 Å². The molecule has 0 spiro atoms. The van der Waals surface area contributed by atoms with Crippen molar-refractivity contribution in [2.24, 2.45) is 0 Å². The number of nitrogens with zero attached hydrogens (tertiary/aromatic N) is 2. The van der Waals surface area contributed by atoms with E-state index in [4.69, 9.17) is 14.9 Å². The van der Waals surface area contributed by atoms with Crippen LogP contribution in [0, 0.1) is 0 Å². The van der Waals surface area contributed by atoms with E-state index in [1.165, 1.54) is 12.3 Å². The third-order valence-corrected chi connectivity index (χ3v) is 2.86. The van der Waals surface area contributed by atoms with E-state index < -0.39 is 5.97 Å². The molecule has 0 saturated carbocycles. The fourth-order valence-electron chi connectivity index (χ4n) is 2.09. The number of carboxylic acid groups (broad SMARTS) is 1. The predicted octanol–water partition coefficient (Wildman–Crippen LogP) is 0.366. The first-order valence-corrected chi connectivity index (χ1v) is 5.80. The number of aromatic nitrogens is 1. The van der Waals surface area contributed by atoms with Crippen molar-refractivity contribution in [1.82, 2.24) is 4.98 Å². The van der Waals surface area contributed by atoms with Crippen LogP contribution in [0.1, 0.15) is 17.4 Å². The molecule has 2 unspecified atom stereocenters. The van der Waals surface area contributed by atoms with Crippen molar-refractivity contribution in [3.8, 4) is 0 Å². The average Bonchev–Trinajstić information content (AvgIpc) is 2.38. The third-order valence-electron chi connectivity index (χ3n) is 2.86. The highest BCUT2D eigenvalue weighted by Crippen LogP contribution is 2.20. The second kappa shape index (κ2) is 5.32. The molecular formula is C12H16N2O4. The van der Waals surface area contributed by atoms with Crippen LogP contribution in [0.4, 0.5) is 5.69 Å². The van der Waals surface area contributed by atoms with Gasteiger partial charge in [0.1, 0.15) is 5.69 Å². The van der Waals surface area contributed by atoms with Crippen molar-refractivity contribution in [3.05, 3.63) is 24.0 Å². The Hall–Kier alpha value is -1.66. The Bertz CT molecular complexity index is 438. The Morgan fingerprint density at radius 1 is 1.61 bits per heavy atom. The SMILES string of the molecule is CC1CN(c2ccnc(C(=O)O)c2)CC(CO)O1. The minimum Gasteiger partial charge on any atom is -0.477 e. The topological polar surface area (TPSA) is 82.9 Å². The van der Waals surface area contributed by atoms with Crippen LogP contribution in [0.15, 0.2) is 18.3 Å². The molecule has 1 aromatic rings. The molecule has 1 saturated heterocycles. The highest BCUT2D eigenvalue weighted by Gasteiger charge is 2.25.